The Hall–Kier alpha value is -10.1. The highest BCUT2D eigenvalue weighted by Crippen LogP contribution is 2.26. The van der Waals surface area contributed by atoms with E-state index < -0.39 is 119 Å². The minimum atomic E-state index is -0.941. The summed E-state index contributed by atoms with van der Waals surface area (Å²) in [5, 5.41) is 10.1. The molecule has 76 heavy (non-hydrogen) atoms. The first-order chi connectivity index (χ1) is 36.0. The van der Waals surface area contributed by atoms with E-state index in [1.165, 1.54) is 42.2 Å². The molecule has 1 atom stereocenters. The summed E-state index contributed by atoms with van der Waals surface area (Å²) in [5.74, 6) is -9.53. The number of hydrogen-bond acceptors (Lipinski definition) is 15. The molecule has 1 unspecified atom stereocenters. The van der Waals surface area contributed by atoms with Gasteiger partial charge in [0.05, 0.1) is 0 Å². The standard InChI is InChI=1S/C13H14N2O3.C12H12N2O3.C11H10N2O3.C10H8N2O3.C5H6N2O3/c1-14-11(16)10(12(17)15(2)13(14)18)8-9-6-4-3-5-7-9;1-13-10(15)9(8-6-4-3-5-7-8)11(16)14(2)12(13)17;1-13-10(15)8(9(14)12-11(13)16)7-5-3-2-4-6-7;13-8-7(6-4-2-1-3-5-6)9(14)12-10(15)11-8;1-2-3(8)6-5(10)7-4(2)9/h3-7,10H,8H2,1-2H3;3-7,9H,1-2H3;2-6,8H,1H3,(H,12,14,16);1-5,7H,(H2,11,12,13,14,15);2H,1H3,(H2,6,7,8,9,10). The monoisotopic (exact) mass is 1040 g/mol. The van der Waals surface area contributed by atoms with Gasteiger partial charge in [-0.2, -0.15) is 0 Å². The smallest absolute Gasteiger partial charge is 0.277 e. The van der Waals surface area contributed by atoms with E-state index in [4.69, 9.17) is 0 Å². The van der Waals surface area contributed by atoms with Crippen LogP contribution < -0.4 is 26.6 Å². The number of amides is 20. The first-order valence-electron chi connectivity index (χ1n) is 22.8. The van der Waals surface area contributed by atoms with Gasteiger partial charge in [-0.1, -0.05) is 121 Å². The van der Waals surface area contributed by atoms with Gasteiger partial charge in [-0.05, 0) is 35.6 Å². The van der Waals surface area contributed by atoms with E-state index in [2.05, 4.69) is 5.32 Å². The zero-order valence-electron chi connectivity index (χ0n) is 41.5. The summed E-state index contributed by atoms with van der Waals surface area (Å²) in [4.78, 5) is 176. The van der Waals surface area contributed by atoms with Crippen LogP contribution in [0.3, 0.4) is 0 Å². The van der Waals surface area contributed by atoms with Crippen LogP contribution in [0.5, 0.6) is 0 Å². The lowest BCUT2D eigenvalue weighted by Crippen LogP contribution is -2.57. The Morgan fingerprint density at radius 2 is 0.645 bits per heavy atom. The Balaban J connectivity index is 0.000000177. The fraction of sp³-hybridized carbons (Fsp3) is 0.235. The molecular formula is C51H50N10O15. The number of hydrogen-bond donors (Lipinski definition) is 5. The lowest BCUT2D eigenvalue weighted by Gasteiger charge is -2.32. The Kier molecular flexibility index (Phi) is 18.7. The molecule has 394 valence electrons. The second-order valence-corrected chi connectivity index (χ2v) is 17.0. The van der Waals surface area contributed by atoms with Gasteiger partial charge in [-0.25, -0.2) is 24.0 Å². The van der Waals surface area contributed by atoms with Crippen LogP contribution in [0.15, 0.2) is 121 Å². The van der Waals surface area contributed by atoms with Crippen LogP contribution in [0.25, 0.3) is 0 Å². The van der Waals surface area contributed by atoms with E-state index in [0.717, 1.165) is 30.1 Å². The van der Waals surface area contributed by atoms with Crippen molar-refractivity contribution in [3.8, 4) is 0 Å². The van der Waals surface area contributed by atoms with Gasteiger partial charge < -0.3 is 0 Å². The molecule has 0 spiro atoms. The normalized spacial score (nSPS) is 18.6. The Morgan fingerprint density at radius 1 is 0.342 bits per heavy atom. The first kappa shape index (κ1) is 56.8. The predicted molar refractivity (Wildman–Crippen MR) is 262 cm³/mol. The van der Waals surface area contributed by atoms with Crippen LogP contribution in [0.4, 0.5) is 24.0 Å². The predicted octanol–water partition coefficient (Wildman–Crippen LogP) is 1.32. The van der Waals surface area contributed by atoms with Crippen LogP contribution in [0, 0.1) is 11.8 Å². The minimum absolute atomic E-state index is 0.320. The maximum absolute atomic E-state index is 12.0. The topological polar surface area (TPSA) is 332 Å². The Morgan fingerprint density at radius 3 is 1.04 bits per heavy atom. The summed E-state index contributed by atoms with van der Waals surface area (Å²) in [6.45, 7) is 1.43. The Bertz CT molecular complexity index is 2910. The van der Waals surface area contributed by atoms with Crippen molar-refractivity contribution in [1.29, 1.82) is 0 Å². The number of carbonyl (C=O) groups is 15. The maximum atomic E-state index is 12.0. The van der Waals surface area contributed by atoms with E-state index in [-0.39, 0.29) is 0 Å². The number of rotatable bonds is 5. The summed E-state index contributed by atoms with van der Waals surface area (Å²) in [6.07, 6.45) is 0.320. The van der Waals surface area contributed by atoms with Crippen molar-refractivity contribution >= 4 is 89.2 Å². The number of barbiturate groups is 5. The molecular weight excluding hydrogens is 993 g/mol. The molecule has 0 aliphatic carbocycles. The van der Waals surface area contributed by atoms with Crippen LogP contribution in [-0.4, -0.2) is 149 Å². The molecule has 9 rings (SSSR count). The molecule has 0 bridgehead atoms. The number of nitrogens with one attached hydrogen (secondary N) is 5. The molecule has 4 aromatic rings. The second-order valence-electron chi connectivity index (χ2n) is 17.0. The van der Waals surface area contributed by atoms with Crippen molar-refractivity contribution in [2.24, 2.45) is 11.8 Å². The summed E-state index contributed by atoms with van der Waals surface area (Å²) < 4.78 is 0. The summed E-state index contributed by atoms with van der Waals surface area (Å²) in [7, 11) is 6.89. The minimum Gasteiger partial charge on any atom is -0.277 e. The second kappa shape index (κ2) is 25.0. The zero-order valence-corrected chi connectivity index (χ0v) is 41.5. The number of likely N-dealkylation sites (N-methyl/N-ethyl adjacent to an activating group) is 3. The first-order valence-corrected chi connectivity index (χ1v) is 22.8. The van der Waals surface area contributed by atoms with Gasteiger partial charge >= 0.3 is 30.2 Å². The average molecular weight is 1040 g/mol. The molecule has 0 radical (unpaired) electrons. The number of nitrogens with zero attached hydrogens (tertiary/aromatic N) is 5. The van der Waals surface area contributed by atoms with Gasteiger partial charge in [0.1, 0.15) is 29.6 Å². The van der Waals surface area contributed by atoms with Crippen LogP contribution in [0.2, 0.25) is 0 Å². The van der Waals surface area contributed by atoms with E-state index >= 15 is 0 Å². The van der Waals surface area contributed by atoms with E-state index in [1.54, 1.807) is 91.0 Å². The van der Waals surface area contributed by atoms with Gasteiger partial charge in [0.15, 0.2) is 0 Å². The molecule has 5 aliphatic heterocycles. The quantitative estimate of drug-likeness (QED) is 0.176. The van der Waals surface area contributed by atoms with Gasteiger partial charge in [0.2, 0.25) is 59.1 Å². The lowest BCUT2D eigenvalue weighted by atomic mass is 9.95. The number of benzene rings is 4. The van der Waals surface area contributed by atoms with Crippen LogP contribution in [0.1, 0.15) is 46.9 Å². The zero-order chi connectivity index (χ0) is 56.1. The van der Waals surface area contributed by atoms with Gasteiger partial charge in [-0.15, -0.1) is 0 Å². The molecule has 4 aromatic carbocycles. The third-order valence-electron chi connectivity index (χ3n) is 11.9. The van der Waals surface area contributed by atoms with Crippen LogP contribution in [-0.2, 0) is 54.4 Å². The molecule has 5 N–H and O–H groups in total. The molecule has 25 heteroatoms. The van der Waals surface area contributed by atoms with Crippen molar-refractivity contribution in [2.45, 2.75) is 31.1 Å². The fourth-order valence-electron chi connectivity index (χ4n) is 7.51. The molecule has 0 saturated carbocycles. The molecule has 5 aliphatic rings. The van der Waals surface area contributed by atoms with Crippen molar-refractivity contribution in [1.82, 2.24) is 51.1 Å². The highest BCUT2D eigenvalue weighted by molar-refractivity contribution is 6.21. The molecule has 5 fully saturated rings. The summed E-state index contributed by atoms with van der Waals surface area (Å²) in [6, 6.07) is 31.9. The van der Waals surface area contributed by atoms with Crippen molar-refractivity contribution in [2.75, 3.05) is 35.2 Å². The molecule has 0 aromatic heterocycles. The number of urea groups is 5. The fourth-order valence-corrected chi connectivity index (χ4v) is 7.51. The van der Waals surface area contributed by atoms with Gasteiger partial charge in [-0.3, -0.25) is 99.0 Å². The molecule has 5 heterocycles. The highest BCUT2D eigenvalue weighted by Gasteiger charge is 2.44. The van der Waals surface area contributed by atoms with E-state index in [0.29, 0.717) is 23.1 Å². The number of carbonyl (C=O) groups excluding carboxylic acids is 15. The van der Waals surface area contributed by atoms with Gasteiger partial charge in [0.25, 0.3) is 0 Å². The highest BCUT2D eigenvalue weighted by atomic mass is 16.2. The van der Waals surface area contributed by atoms with E-state index in [1.807, 2.05) is 51.6 Å². The average Bonchev–Trinajstić information content (AvgIpc) is 3.40. The third-order valence-corrected chi connectivity index (χ3v) is 11.9. The molecule has 25 nitrogen and oxygen atoms in total. The molecule has 20 amide bonds. The van der Waals surface area contributed by atoms with Crippen molar-refractivity contribution in [3.63, 3.8) is 0 Å². The molecule has 5 saturated heterocycles. The lowest BCUT2D eigenvalue weighted by molar-refractivity contribution is -0.148. The van der Waals surface area contributed by atoms with Crippen molar-refractivity contribution in [3.05, 3.63) is 144 Å². The Labute approximate surface area is 432 Å². The largest absolute Gasteiger partial charge is 0.332 e. The van der Waals surface area contributed by atoms with E-state index in [9.17, 15) is 71.9 Å². The van der Waals surface area contributed by atoms with Crippen LogP contribution >= 0.6 is 0 Å². The SMILES string of the molecule is CC1C(=O)NC(=O)NC1=O.CN1C(=O)C(Cc2ccccc2)C(=O)N(C)C1=O.CN1C(=O)C(c2ccccc2)C(=O)N(C)C1=O.CN1C(=O)NC(=O)C(c2ccccc2)C1=O.O=C1NC(=O)C(c2ccccc2)C(=O)N1. The number of imide groups is 10. The van der Waals surface area contributed by atoms with Gasteiger partial charge in [0, 0.05) is 35.2 Å². The maximum Gasteiger partial charge on any atom is 0.332 e. The van der Waals surface area contributed by atoms with Crippen molar-refractivity contribution < 1.29 is 71.9 Å². The summed E-state index contributed by atoms with van der Waals surface area (Å²) >= 11 is 0. The third kappa shape index (κ3) is 13.3. The summed E-state index contributed by atoms with van der Waals surface area (Å²) in [5.41, 5.74) is 2.67.